The van der Waals surface area contributed by atoms with Gasteiger partial charge in [-0.05, 0) is 29.7 Å². The van der Waals surface area contributed by atoms with E-state index in [0.29, 0.717) is 39.4 Å². The number of carbonyl (C=O) groups excluding carboxylic acids is 1. The summed E-state index contributed by atoms with van der Waals surface area (Å²) in [5.41, 5.74) is 3.88. The van der Waals surface area contributed by atoms with Gasteiger partial charge in [-0.25, -0.2) is 18.2 Å². The summed E-state index contributed by atoms with van der Waals surface area (Å²) in [6.45, 7) is 0.414. The molecule has 0 saturated carbocycles. The number of aromatic nitrogens is 1. The second kappa shape index (κ2) is 14.5. The molecule has 12 heteroatoms. The monoisotopic (exact) mass is 620 g/mol. The van der Waals surface area contributed by atoms with Crippen molar-refractivity contribution in [1.82, 2.24) is 9.88 Å². The van der Waals surface area contributed by atoms with Crippen LogP contribution in [0.25, 0.3) is 11.3 Å². The Bertz CT molecular complexity index is 1450. The van der Waals surface area contributed by atoms with Gasteiger partial charge < -0.3 is 10.0 Å². The fourth-order valence-corrected chi connectivity index (χ4v) is 5.87. The lowest BCUT2D eigenvalue weighted by Gasteiger charge is -2.25. The van der Waals surface area contributed by atoms with Crippen molar-refractivity contribution in [1.29, 1.82) is 0 Å². The molecule has 212 valence electrons. The van der Waals surface area contributed by atoms with Crippen molar-refractivity contribution in [3.8, 4) is 11.3 Å². The maximum Gasteiger partial charge on any atom is 0.323 e. The normalized spacial score (nSPS) is 11.1. The van der Waals surface area contributed by atoms with Crippen molar-refractivity contribution >= 4 is 62.2 Å². The molecule has 3 aromatic carbocycles. The molecule has 0 saturated heterocycles. The molecule has 4 aromatic rings. The summed E-state index contributed by atoms with van der Waals surface area (Å²) >= 11 is 7.55. The first-order valence-electron chi connectivity index (χ1n) is 12.2. The predicted molar refractivity (Wildman–Crippen MR) is 165 cm³/mol. The molecule has 0 bridgehead atoms. The number of anilines is 2. The molecule has 0 radical (unpaired) electrons. The van der Waals surface area contributed by atoms with Gasteiger partial charge in [-0.3, -0.25) is 10.0 Å². The molecule has 8 nitrogen and oxygen atoms in total. The number of hydrogen-bond donors (Lipinski definition) is 3. The zero-order valence-corrected chi connectivity index (χ0v) is 24.9. The van der Waals surface area contributed by atoms with E-state index in [1.165, 1.54) is 0 Å². The first-order valence-corrected chi connectivity index (χ1v) is 15.3. The van der Waals surface area contributed by atoms with Gasteiger partial charge in [0.05, 0.1) is 12.9 Å². The molecule has 1 heterocycles. The molecule has 3 N–H and O–H groups in total. The molecule has 0 aliphatic heterocycles. The second-order valence-corrected chi connectivity index (χ2v) is 12.2. The van der Waals surface area contributed by atoms with E-state index in [2.05, 4.69) is 39.3 Å². The van der Waals surface area contributed by atoms with Crippen LogP contribution in [-0.2, 0) is 10.0 Å². The first-order chi connectivity index (χ1) is 18.7. The van der Waals surface area contributed by atoms with Crippen LogP contribution in [0.4, 0.5) is 15.6 Å². The molecule has 0 spiro atoms. The second-order valence-electron chi connectivity index (χ2n) is 8.90. The Morgan fingerprint density at radius 2 is 1.55 bits per heavy atom. The van der Waals surface area contributed by atoms with Crippen LogP contribution in [0.5, 0.6) is 0 Å². The van der Waals surface area contributed by atoms with E-state index < -0.39 is 10.0 Å². The smallest absolute Gasteiger partial charge is 0.323 e. The van der Waals surface area contributed by atoms with Crippen LogP contribution in [0.1, 0.15) is 23.5 Å². The summed E-state index contributed by atoms with van der Waals surface area (Å²) in [6, 6.07) is 26.5. The quantitative estimate of drug-likeness (QED) is 0.182. The summed E-state index contributed by atoms with van der Waals surface area (Å²) in [7, 11) is -3.39. The van der Waals surface area contributed by atoms with Gasteiger partial charge in [0.2, 0.25) is 10.0 Å². The number of nitrogens with one attached hydrogen (secondary N) is 2. The van der Waals surface area contributed by atoms with E-state index in [0.717, 1.165) is 28.7 Å². The number of thiazole rings is 1. The standard InChI is InChI=1S/C28H29ClN4O4S2.ClH/c1-39(36,37)32-23-14-12-22(13-15-23)25-26(29)38-27(30-25)31-28(35)33(18-19-34)17-16-24(20-8-4-2-5-9-20)21-10-6-3-7-11-21;/h2-15,24,32,34H,16-19H2,1H3,(H,30,31,35);1H. The number of aliphatic hydroxyl groups is 1. The largest absolute Gasteiger partial charge is 0.395 e. The Morgan fingerprint density at radius 3 is 2.08 bits per heavy atom. The van der Waals surface area contributed by atoms with E-state index >= 15 is 0 Å². The van der Waals surface area contributed by atoms with E-state index in [1.54, 1.807) is 29.2 Å². The van der Waals surface area contributed by atoms with Gasteiger partial charge in [0.1, 0.15) is 10.0 Å². The minimum Gasteiger partial charge on any atom is -0.395 e. The van der Waals surface area contributed by atoms with Crippen LogP contribution in [0, 0.1) is 0 Å². The molecule has 2 amide bonds. The van der Waals surface area contributed by atoms with E-state index in [4.69, 9.17) is 11.6 Å². The number of amides is 2. The number of hydrogen-bond acceptors (Lipinski definition) is 6. The molecule has 0 fully saturated rings. The lowest BCUT2D eigenvalue weighted by Crippen LogP contribution is -2.38. The molecule has 0 aliphatic rings. The Kier molecular flexibility index (Phi) is 11.4. The van der Waals surface area contributed by atoms with Crippen molar-refractivity contribution in [2.24, 2.45) is 0 Å². The molecule has 40 heavy (non-hydrogen) atoms. The van der Waals surface area contributed by atoms with Crippen LogP contribution in [0.15, 0.2) is 84.9 Å². The average molecular weight is 622 g/mol. The number of sulfonamides is 1. The summed E-state index contributed by atoms with van der Waals surface area (Å²) < 4.78 is 25.7. The molecule has 0 aliphatic carbocycles. The summed E-state index contributed by atoms with van der Waals surface area (Å²) in [4.78, 5) is 19.2. The highest BCUT2D eigenvalue weighted by Crippen LogP contribution is 2.36. The molecule has 1 aromatic heterocycles. The van der Waals surface area contributed by atoms with Crippen molar-refractivity contribution in [2.75, 3.05) is 36.0 Å². The van der Waals surface area contributed by atoms with Gasteiger partial charge >= 0.3 is 6.03 Å². The molecular weight excluding hydrogens is 591 g/mol. The highest BCUT2D eigenvalue weighted by molar-refractivity contribution is 7.92. The molecule has 4 rings (SSSR count). The number of nitrogens with zero attached hydrogens (tertiary/aromatic N) is 2. The third-order valence-corrected chi connectivity index (χ3v) is 7.79. The maximum absolute atomic E-state index is 13.2. The zero-order chi connectivity index (χ0) is 27.8. The Morgan fingerprint density at radius 1 is 0.975 bits per heavy atom. The number of aliphatic hydroxyl groups excluding tert-OH is 1. The Labute approximate surface area is 249 Å². The Hall–Kier alpha value is -3.15. The van der Waals surface area contributed by atoms with Gasteiger partial charge in [0.25, 0.3) is 0 Å². The maximum atomic E-state index is 13.2. The summed E-state index contributed by atoms with van der Waals surface area (Å²) in [5.74, 6) is 0.0856. The van der Waals surface area contributed by atoms with Crippen molar-refractivity contribution in [3.05, 3.63) is 100 Å². The number of carbonyl (C=O) groups is 1. The predicted octanol–water partition coefficient (Wildman–Crippen LogP) is 6.31. The molecule has 0 unspecified atom stereocenters. The van der Waals surface area contributed by atoms with Crippen LogP contribution in [0.2, 0.25) is 4.34 Å². The van der Waals surface area contributed by atoms with Crippen LogP contribution >= 0.6 is 35.3 Å². The van der Waals surface area contributed by atoms with E-state index in [1.807, 2.05) is 36.4 Å². The number of halogens is 2. The van der Waals surface area contributed by atoms with Crippen LogP contribution < -0.4 is 10.0 Å². The lowest BCUT2D eigenvalue weighted by molar-refractivity contribution is 0.187. The SMILES string of the molecule is CS(=O)(=O)Nc1ccc(-c2nc(NC(=O)N(CCO)CCC(c3ccccc3)c3ccccc3)sc2Cl)cc1.Cl. The van der Waals surface area contributed by atoms with Crippen LogP contribution in [-0.4, -0.2) is 55.4 Å². The minimum atomic E-state index is -3.39. The third kappa shape index (κ3) is 8.67. The first kappa shape index (κ1) is 31.4. The van der Waals surface area contributed by atoms with Crippen molar-refractivity contribution < 1.29 is 18.3 Å². The number of rotatable bonds is 11. The van der Waals surface area contributed by atoms with Gasteiger partial charge in [-0.15, -0.1) is 12.4 Å². The Balaban J connectivity index is 0.00000441. The number of urea groups is 1. The highest BCUT2D eigenvalue weighted by atomic mass is 35.5. The number of benzene rings is 3. The lowest BCUT2D eigenvalue weighted by atomic mass is 9.88. The van der Waals surface area contributed by atoms with Gasteiger partial charge in [-0.1, -0.05) is 95.7 Å². The molecular formula is C28H30Cl2N4O4S2. The average Bonchev–Trinajstić information content (AvgIpc) is 3.28. The summed E-state index contributed by atoms with van der Waals surface area (Å²) in [6.07, 6.45) is 1.75. The fraction of sp³-hybridized carbons (Fsp3) is 0.214. The third-order valence-electron chi connectivity index (χ3n) is 6.01. The highest BCUT2D eigenvalue weighted by Gasteiger charge is 2.21. The summed E-state index contributed by atoms with van der Waals surface area (Å²) in [5, 5.41) is 12.8. The van der Waals surface area contributed by atoms with Crippen molar-refractivity contribution in [2.45, 2.75) is 12.3 Å². The van der Waals surface area contributed by atoms with E-state index in [-0.39, 0.29) is 37.5 Å². The topological polar surface area (TPSA) is 112 Å². The van der Waals surface area contributed by atoms with Gasteiger partial charge in [-0.2, -0.15) is 0 Å². The molecule has 0 atom stereocenters. The zero-order valence-electron chi connectivity index (χ0n) is 21.7. The minimum absolute atomic E-state index is 0. The van der Waals surface area contributed by atoms with E-state index in [9.17, 15) is 18.3 Å². The fourth-order valence-electron chi connectivity index (χ4n) is 4.23. The van der Waals surface area contributed by atoms with Crippen molar-refractivity contribution in [3.63, 3.8) is 0 Å². The van der Waals surface area contributed by atoms with Gasteiger partial charge in [0.15, 0.2) is 5.13 Å². The van der Waals surface area contributed by atoms with Crippen LogP contribution in [0.3, 0.4) is 0 Å². The van der Waals surface area contributed by atoms with Gasteiger partial charge in [0, 0.05) is 30.3 Å².